The number of anilines is 1. The lowest BCUT2D eigenvalue weighted by atomic mass is 9.92. The molecule has 2 nitrogen and oxygen atoms in total. The molecule has 0 aliphatic heterocycles. The van der Waals surface area contributed by atoms with E-state index in [0.717, 1.165) is 12.8 Å². The Morgan fingerprint density at radius 2 is 2.00 bits per heavy atom. The third kappa shape index (κ3) is 2.72. The molecule has 0 saturated heterocycles. The van der Waals surface area contributed by atoms with Gasteiger partial charge < -0.3 is 11.1 Å². The summed E-state index contributed by atoms with van der Waals surface area (Å²) in [7, 11) is 0. The van der Waals surface area contributed by atoms with Crippen LogP contribution in [0.25, 0.3) is 0 Å². The first-order chi connectivity index (χ1) is 6.74. The maximum absolute atomic E-state index is 5.86. The van der Waals surface area contributed by atoms with Crippen LogP contribution in [0.4, 0.5) is 5.00 Å². The Bertz CT molecular complexity index is 292. The number of rotatable bonds is 2. The monoisotopic (exact) mass is 274 g/mol. The van der Waals surface area contributed by atoms with E-state index >= 15 is 0 Å². The molecular formula is C10H15BrN2S. The van der Waals surface area contributed by atoms with Crippen LogP contribution < -0.4 is 11.1 Å². The predicted octanol–water partition coefficient (Wildman–Crippen LogP) is 3.19. The molecule has 1 aliphatic carbocycles. The minimum absolute atomic E-state index is 0.433. The standard InChI is InChI=1S/C10H15BrN2S/c11-9-5-6-10(14-9)13-8-3-1-7(12)2-4-8/h5-8,13H,1-4,12H2. The van der Waals surface area contributed by atoms with Gasteiger partial charge in [-0.3, -0.25) is 0 Å². The summed E-state index contributed by atoms with van der Waals surface area (Å²) in [5.41, 5.74) is 5.86. The van der Waals surface area contributed by atoms with Gasteiger partial charge in [0.1, 0.15) is 0 Å². The normalized spacial score (nSPS) is 27.6. The van der Waals surface area contributed by atoms with Crippen molar-refractivity contribution < 1.29 is 0 Å². The zero-order valence-electron chi connectivity index (χ0n) is 8.00. The van der Waals surface area contributed by atoms with E-state index in [0.29, 0.717) is 12.1 Å². The maximum Gasteiger partial charge on any atom is 0.0896 e. The molecular weight excluding hydrogens is 260 g/mol. The van der Waals surface area contributed by atoms with E-state index in [4.69, 9.17) is 5.73 Å². The second kappa shape index (κ2) is 4.64. The average Bonchev–Trinajstić information content (AvgIpc) is 2.56. The molecule has 1 aromatic rings. The Morgan fingerprint density at radius 1 is 1.29 bits per heavy atom. The SMILES string of the molecule is NC1CCC(Nc2ccc(Br)s2)CC1. The first-order valence-corrected chi connectivity index (χ1v) is 6.62. The highest BCUT2D eigenvalue weighted by Crippen LogP contribution is 2.29. The van der Waals surface area contributed by atoms with Gasteiger partial charge in [0.2, 0.25) is 0 Å². The summed E-state index contributed by atoms with van der Waals surface area (Å²) in [5.74, 6) is 0. The third-order valence-corrected chi connectivity index (χ3v) is 4.25. The smallest absolute Gasteiger partial charge is 0.0896 e. The molecule has 78 valence electrons. The van der Waals surface area contributed by atoms with Gasteiger partial charge in [-0.05, 0) is 53.7 Å². The highest BCUT2D eigenvalue weighted by molar-refractivity contribution is 9.11. The van der Waals surface area contributed by atoms with Gasteiger partial charge in [-0.1, -0.05) is 0 Å². The minimum atomic E-state index is 0.433. The van der Waals surface area contributed by atoms with Gasteiger partial charge in [0.25, 0.3) is 0 Å². The molecule has 3 N–H and O–H groups in total. The lowest BCUT2D eigenvalue weighted by Gasteiger charge is -2.26. The molecule has 2 rings (SSSR count). The molecule has 1 aliphatic rings. The summed E-state index contributed by atoms with van der Waals surface area (Å²) in [4.78, 5) is 0. The van der Waals surface area contributed by atoms with Crippen molar-refractivity contribution in [2.45, 2.75) is 37.8 Å². The van der Waals surface area contributed by atoms with Crippen molar-refractivity contribution in [2.75, 3.05) is 5.32 Å². The van der Waals surface area contributed by atoms with Crippen LogP contribution in [0.5, 0.6) is 0 Å². The lowest BCUT2D eigenvalue weighted by molar-refractivity contribution is 0.411. The van der Waals surface area contributed by atoms with Gasteiger partial charge in [-0.25, -0.2) is 0 Å². The highest BCUT2D eigenvalue weighted by Gasteiger charge is 2.18. The van der Waals surface area contributed by atoms with E-state index in [1.165, 1.54) is 21.6 Å². The number of hydrogen-bond acceptors (Lipinski definition) is 3. The van der Waals surface area contributed by atoms with Gasteiger partial charge in [-0.2, -0.15) is 0 Å². The molecule has 1 aromatic heterocycles. The molecule has 0 amide bonds. The molecule has 4 heteroatoms. The number of hydrogen-bond donors (Lipinski definition) is 2. The summed E-state index contributed by atoms with van der Waals surface area (Å²) in [6, 6.07) is 5.27. The van der Waals surface area contributed by atoms with Crippen molar-refractivity contribution in [1.29, 1.82) is 0 Å². The Kier molecular flexibility index (Phi) is 3.47. The summed E-state index contributed by atoms with van der Waals surface area (Å²) in [5, 5.41) is 4.82. The van der Waals surface area contributed by atoms with Gasteiger partial charge in [0.15, 0.2) is 0 Å². The van der Waals surface area contributed by atoms with E-state index in [-0.39, 0.29) is 0 Å². The van der Waals surface area contributed by atoms with E-state index in [2.05, 4.69) is 33.4 Å². The van der Waals surface area contributed by atoms with Crippen LogP contribution >= 0.6 is 27.3 Å². The van der Waals surface area contributed by atoms with Gasteiger partial charge >= 0.3 is 0 Å². The van der Waals surface area contributed by atoms with Crippen LogP contribution in [-0.2, 0) is 0 Å². The zero-order valence-corrected chi connectivity index (χ0v) is 10.4. The van der Waals surface area contributed by atoms with Crippen molar-refractivity contribution in [3.8, 4) is 0 Å². The molecule has 1 saturated carbocycles. The Morgan fingerprint density at radius 3 is 2.57 bits per heavy atom. The van der Waals surface area contributed by atoms with Crippen molar-refractivity contribution in [1.82, 2.24) is 0 Å². The number of thiophene rings is 1. The van der Waals surface area contributed by atoms with Crippen LogP contribution in [0.15, 0.2) is 15.9 Å². The summed E-state index contributed by atoms with van der Waals surface area (Å²) < 4.78 is 1.19. The molecule has 14 heavy (non-hydrogen) atoms. The molecule has 0 bridgehead atoms. The molecule has 1 fully saturated rings. The van der Waals surface area contributed by atoms with Crippen molar-refractivity contribution >= 4 is 32.3 Å². The first kappa shape index (κ1) is 10.5. The largest absolute Gasteiger partial charge is 0.374 e. The second-order valence-corrected chi connectivity index (χ2v) is 6.32. The third-order valence-electron chi connectivity index (χ3n) is 2.69. The predicted molar refractivity (Wildman–Crippen MR) is 65.9 cm³/mol. The van der Waals surface area contributed by atoms with E-state index in [1.807, 2.05) is 0 Å². The van der Waals surface area contributed by atoms with Crippen LogP contribution in [0, 0.1) is 0 Å². The average molecular weight is 275 g/mol. The molecule has 0 aromatic carbocycles. The Balaban J connectivity index is 1.86. The maximum atomic E-state index is 5.86. The fourth-order valence-electron chi connectivity index (χ4n) is 1.86. The topological polar surface area (TPSA) is 38.0 Å². The van der Waals surface area contributed by atoms with E-state index < -0.39 is 0 Å². The first-order valence-electron chi connectivity index (χ1n) is 5.01. The van der Waals surface area contributed by atoms with Crippen molar-refractivity contribution in [3.05, 3.63) is 15.9 Å². The fourth-order valence-corrected chi connectivity index (χ4v) is 3.22. The number of nitrogens with two attached hydrogens (primary N) is 1. The van der Waals surface area contributed by atoms with Gasteiger partial charge in [0, 0.05) is 12.1 Å². The van der Waals surface area contributed by atoms with Gasteiger partial charge in [0.05, 0.1) is 8.79 Å². The number of halogens is 1. The van der Waals surface area contributed by atoms with Crippen LogP contribution in [0.3, 0.4) is 0 Å². The molecule has 0 unspecified atom stereocenters. The van der Waals surface area contributed by atoms with Crippen molar-refractivity contribution in [2.24, 2.45) is 5.73 Å². The minimum Gasteiger partial charge on any atom is -0.374 e. The zero-order chi connectivity index (χ0) is 9.97. The highest BCUT2D eigenvalue weighted by atomic mass is 79.9. The van der Waals surface area contributed by atoms with E-state index in [9.17, 15) is 0 Å². The van der Waals surface area contributed by atoms with Gasteiger partial charge in [-0.15, -0.1) is 11.3 Å². The summed E-state index contributed by atoms with van der Waals surface area (Å²) >= 11 is 5.22. The lowest BCUT2D eigenvalue weighted by Crippen LogP contribution is -2.32. The second-order valence-electron chi connectivity index (χ2n) is 3.86. The quantitative estimate of drug-likeness (QED) is 0.869. The molecule has 1 heterocycles. The van der Waals surface area contributed by atoms with Crippen LogP contribution in [-0.4, -0.2) is 12.1 Å². The van der Waals surface area contributed by atoms with Crippen LogP contribution in [0.1, 0.15) is 25.7 Å². The Labute approximate surface area is 97.0 Å². The van der Waals surface area contributed by atoms with E-state index in [1.54, 1.807) is 11.3 Å². The molecule has 0 radical (unpaired) electrons. The van der Waals surface area contributed by atoms with Crippen molar-refractivity contribution in [3.63, 3.8) is 0 Å². The Hall–Kier alpha value is -0.0600. The molecule has 0 atom stereocenters. The summed E-state index contributed by atoms with van der Waals surface area (Å²) in [6.45, 7) is 0. The number of nitrogens with one attached hydrogen (secondary N) is 1. The fraction of sp³-hybridized carbons (Fsp3) is 0.600. The molecule has 0 spiro atoms. The van der Waals surface area contributed by atoms with Crippen LogP contribution in [0.2, 0.25) is 0 Å². The summed E-state index contributed by atoms with van der Waals surface area (Å²) in [6.07, 6.45) is 4.72.